The zero-order valence-corrected chi connectivity index (χ0v) is 19.0. The van der Waals surface area contributed by atoms with Gasteiger partial charge in [0.1, 0.15) is 4.83 Å². The van der Waals surface area contributed by atoms with E-state index in [9.17, 15) is 14.4 Å². The molecule has 1 atom stereocenters. The van der Waals surface area contributed by atoms with E-state index in [1.54, 1.807) is 31.2 Å². The molecule has 32 heavy (non-hydrogen) atoms. The van der Waals surface area contributed by atoms with Gasteiger partial charge in [-0.05, 0) is 36.8 Å². The Bertz CT molecular complexity index is 1330. The first kappa shape index (κ1) is 21.8. The van der Waals surface area contributed by atoms with Crippen LogP contribution in [0.5, 0.6) is 0 Å². The highest BCUT2D eigenvalue weighted by Crippen LogP contribution is 2.32. The van der Waals surface area contributed by atoms with E-state index in [1.807, 2.05) is 35.7 Å². The van der Waals surface area contributed by atoms with Crippen LogP contribution in [-0.2, 0) is 9.59 Å². The number of anilines is 2. The van der Waals surface area contributed by atoms with Crippen molar-refractivity contribution < 1.29 is 9.59 Å². The number of nitrogens with one attached hydrogen (secondary N) is 3. The number of rotatable bonds is 6. The topological polar surface area (TPSA) is 104 Å². The number of nitrogens with zero attached hydrogens (tertiary/aromatic N) is 1. The molecule has 0 aliphatic heterocycles. The molecule has 2 aromatic carbocycles. The van der Waals surface area contributed by atoms with Crippen LogP contribution in [-0.4, -0.2) is 27.0 Å². The quantitative estimate of drug-likeness (QED) is 0.283. The van der Waals surface area contributed by atoms with Crippen LogP contribution in [0.1, 0.15) is 13.8 Å². The Balaban J connectivity index is 1.47. The molecular formula is C23H20N4O3S2. The van der Waals surface area contributed by atoms with Gasteiger partial charge in [0.05, 0.1) is 10.6 Å². The number of hydrogen-bond donors (Lipinski definition) is 3. The molecule has 0 radical (unpaired) electrons. The third-order valence-electron chi connectivity index (χ3n) is 4.64. The van der Waals surface area contributed by atoms with Crippen LogP contribution in [0, 0.1) is 0 Å². The molecule has 3 N–H and O–H groups in total. The summed E-state index contributed by atoms with van der Waals surface area (Å²) in [5, 5.41) is 7.90. The van der Waals surface area contributed by atoms with E-state index < -0.39 is 5.25 Å². The van der Waals surface area contributed by atoms with Crippen molar-refractivity contribution in [3.05, 3.63) is 70.3 Å². The Morgan fingerprint density at radius 1 is 1.03 bits per heavy atom. The van der Waals surface area contributed by atoms with Gasteiger partial charge in [-0.25, -0.2) is 4.98 Å². The van der Waals surface area contributed by atoms with E-state index in [1.165, 1.54) is 30.0 Å². The normalized spacial score (nSPS) is 11.8. The fourth-order valence-electron chi connectivity index (χ4n) is 3.12. The highest BCUT2D eigenvalue weighted by atomic mass is 32.2. The van der Waals surface area contributed by atoms with Gasteiger partial charge in [0.2, 0.25) is 11.8 Å². The first-order valence-corrected chi connectivity index (χ1v) is 11.6. The van der Waals surface area contributed by atoms with E-state index >= 15 is 0 Å². The van der Waals surface area contributed by atoms with Gasteiger partial charge < -0.3 is 15.6 Å². The molecule has 0 aliphatic rings. The lowest BCUT2D eigenvalue weighted by molar-refractivity contribution is -0.115. The van der Waals surface area contributed by atoms with Crippen LogP contribution >= 0.6 is 23.1 Å². The Morgan fingerprint density at radius 3 is 2.34 bits per heavy atom. The van der Waals surface area contributed by atoms with Crippen LogP contribution in [0.25, 0.3) is 21.3 Å². The van der Waals surface area contributed by atoms with Crippen molar-refractivity contribution in [3.63, 3.8) is 0 Å². The number of aromatic nitrogens is 2. The monoisotopic (exact) mass is 464 g/mol. The van der Waals surface area contributed by atoms with Gasteiger partial charge in [-0.3, -0.25) is 14.4 Å². The molecular weight excluding hydrogens is 444 g/mol. The van der Waals surface area contributed by atoms with Crippen LogP contribution in [0.15, 0.2) is 69.9 Å². The highest BCUT2D eigenvalue weighted by molar-refractivity contribution is 8.00. The molecule has 162 valence electrons. The fraction of sp³-hybridized carbons (Fsp3) is 0.130. The molecule has 0 fully saturated rings. The molecule has 0 bridgehead atoms. The van der Waals surface area contributed by atoms with Crippen molar-refractivity contribution in [1.82, 2.24) is 9.97 Å². The van der Waals surface area contributed by atoms with Gasteiger partial charge in [0.25, 0.3) is 5.56 Å². The lowest BCUT2D eigenvalue weighted by Gasteiger charge is -2.12. The van der Waals surface area contributed by atoms with Gasteiger partial charge in [-0.1, -0.05) is 42.1 Å². The Kier molecular flexibility index (Phi) is 6.38. The van der Waals surface area contributed by atoms with E-state index in [4.69, 9.17) is 0 Å². The predicted octanol–water partition coefficient (Wildman–Crippen LogP) is 4.73. The summed E-state index contributed by atoms with van der Waals surface area (Å²) in [6, 6.07) is 16.5. The summed E-state index contributed by atoms with van der Waals surface area (Å²) in [7, 11) is 0. The number of thioether (sulfide) groups is 1. The second-order valence-electron chi connectivity index (χ2n) is 7.07. The summed E-state index contributed by atoms with van der Waals surface area (Å²) in [6.45, 7) is 3.18. The molecule has 4 rings (SSSR count). The van der Waals surface area contributed by atoms with E-state index in [-0.39, 0.29) is 17.4 Å². The highest BCUT2D eigenvalue weighted by Gasteiger charge is 2.18. The zero-order valence-electron chi connectivity index (χ0n) is 17.3. The first-order chi connectivity index (χ1) is 15.4. The SMILES string of the molecule is CC(=O)Nc1ccc(NC(=O)C(C)Sc2nc3scc(-c4ccccc4)c3c(=O)[nH]2)cc1. The third-order valence-corrected chi connectivity index (χ3v) is 6.49. The van der Waals surface area contributed by atoms with Crippen LogP contribution in [0.4, 0.5) is 11.4 Å². The number of H-pyrrole nitrogens is 1. The van der Waals surface area contributed by atoms with E-state index in [2.05, 4.69) is 20.6 Å². The minimum atomic E-state index is -0.487. The Morgan fingerprint density at radius 2 is 1.69 bits per heavy atom. The Hall–Kier alpha value is -3.43. The van der Waals surface area contributed by atoms with Crippen molar-refractivity contribution in [2.75, 3.05) is 10.6 Å². The number of amides is 2. The lowest BCUT2D eigenvalue weighted by atomic mass is 10.1. The van der Waals surface area contributed by atoms with Gasteiger partial charge in [0, 0.05) is 29.2 Å². The van der Waals surface area contributed by atoms with Gasteiger partial charge in [0.15, 0.2) is 5.16 Å². The molecule has 0 saturated heterocycles. The number of aromatic amines is 1. The van der Waals surface area contributed by atoms with Crippen molar-refractivity contribution in [3.8, 4) is 11.1 Å². The average Bonchev–Trinajstić information content (AvgIpc) is 3.20. The summed E-state index contributed by atoms with van der Waals surface area (Å²) < 4.78 is 0. The predicted molar refractivity (Wildman–Crippen MR) is 130 cm³/mol. The van der Waals surface area contributed by atoms with Gasteiger partial charge in [-0.2, -0.15) is 0 Å². The summed E-state index contributed by atoms with van der Waals surface area (Å²) in [5.74, 6) is -0.381. The molecule has 2 amide bonds. The van der Waals surface area contributed by atoms with E-state index in [0.29, 0.717) is 26.7 Å². The number of carbonyl (C=O) groups excluding carboxylic acids is 2. The largest absolute Gasteiger partial charge is 0.326 e. The van der Waals surface area contributed by atoms with Gasteiger partial charge in [-0.15, -0.1) is 11.3 Å². The van der Waals surface area contributed by atoms with Crippen molar-refractivity contribution in [2.24, 2.45) is 0 Å². The lowest BCUT2D eigenvalue weighted by Crippen LogP contribution is -2.23. The molecule has 0 aliphatic carbocycles. The molecule has 2 aromatic heterocycles. The molecule has 4 aromatic rings. The van der Waals surface area contributed by atoms with Crippen molar-refractivity contribution in [2.45, 2.75) is 24.3 Å². The van der Waals surface area contributed by atoms with Crippen LogP contribution in [0.2, 0.25) is 0 Å². The zero-order chi connectivity index (χ0) is 22.7. The first-order valence-electron chi connectivity index (χ1n) is 9.83. The van der Waals surface area contributed by atoms with Gasteiger partial charge >= 0.3 is 0 Å². The number of fused-ring (bicyclic) bond motifs is 1. The minimum Gasteiger partial charge on any atom is -0.326 e. The van der Waals surface area contributed by atoms with Crippen LogP contribution < -0.4 is 16.2 Å². The summed E-state index contributed by atoms with van der Waals surface area (Å²) in [5.41, 5.74) is 2.85. The Labute approximate surface area is 192 Å². The second-order valence-corrected chi connectivity index (χ2v) is 9.26. The minimum absolute atomic E-state index is 0.160. The molecule has 0 saturated carbocycles. The molecule has 2 heterocycles. The summed E-state index contributed by atoms with van der Waals surface area (Å²) in [4.78, 5) is 44.5. The average molecular weight is 465 g/mol. The maximum atomic E-state index is 12.8. The number of benzene rings is 2. The second kappa shape index (κ2) is 9.37. The summed E-state index contributed by atoms with van der Waals surface area (Å²) >= 11 is 2.59. The smallest absolute Gasteiger partial charge is 0.260 e. The molecule has 7 nitrogen and oxygen atoms in total. The molecule has 0 spiro atoms. The fourth-order valence-corrected chi connectivity index (χ4v) is 4.92. The molecule has 9 heteroatoms. The third kappa shape index (κ3) is 4.90. The van der Waals surface area contributed by atoms with E-state index in [0.717, 1.165) is 11.1 Å². The number of hydrogen-bond acceptors (Lipinski definition) is 6. The number of thiophene rings is 1. The standard InChI is InChI=1S/C23H20N4O3S2/c1-13(20(29)25-17-10-8-16(9-11-17)24-14(2)28)32-23-26-21(30)19-18(12-31-22(19)27-23)15-6-4-3-5-7-15/h3-13H,1-2H3,(H,24,28)(H,25,29)(H,26,27,30). The summed E-state index contributed by atoms with van der Waals surface area (Å²) in [6.07, 6.45) is 0. The van der Waals surface area contributed by atoms with Crippen molar-refractivity contribution in [1.29, 1.82) is 0 Å². The van der Waals surface area contributed by atoms with Crippen molar-refractivity contribution >= 4 is 56.5 Å². The number of carbonyl (C=O) groups is 2. The maximum absolute atomic E-state index is 12.8. The molecule has 1 unspecified atom stereocenters. The maximum Gasteiger partial charge on any atom is 0.260 e. The van der Waals surface area contributed by atoms with Crippen LogP contribution in [0.3, 0.4) is 0 Å².